The molecular weight excluding hydrogens is 298 g/mol. The second kappa shape index (κ2) is 8.62. The second-order valence-electron chi connectivity index (χ2n) is 6.81. The zero-order chi connectivity index (χ0) is 17.5. The van der Waals surface area contributed by atoms with Crippen LogP contribution in [-0.2, 0) is 0 Å². The van der Waals surface area contributed by atoms with Gasteiger partial charge in [0.05, 0.1) is 13.2 Å². The van der Waals surface area contributed by atoms with Crippen LogP contribution in [0, 0.1) is 19.8 Å². The molecule has 24 heavy (non-hydrogen) atoms. The van der Waals surface area contributed by atoms with Gasteiger partial charge in [0.15, 0.2) is 0 Å². The highest BCUT2D eigenvalue weighted by Gasteiger charge is 2.07. The first-order valence-electron chi connectivity index (χ1n) is 8.64. The summed E-state index contributed by atoms with van der Waals surface area (Å²) in [7, 11) is 0. The molecule has 0 fully saturated rings. The molecule has 1 unspecified atom stereocenters. The van der Waals surface area contributed by atoms with E-state index in [1.165, 1.54) is 5.56 Å². The molecule has 2 aromatic rings. The minimum Gasteiger partial charge on any atom is -0.493 e. The van der Waals surface area contributed by atoms with Crippen LogP contribution in [0.1, 0.15) is 31.9 Å². The van der Waals surface area contributed by atoms with Gasteiger partial charge in [0, 0.05) is 11.8 Å². The van der Waals surface area contributed by atoms with Crippen LogP contribution in [0.4, 0.5) is 5.69 Å². The van der Waals surface area contributed by atoms with E-state index in [-0.39, 0.29) is 6.10 Å². The first kappa shape index (κ1) is 18.2. The first-order chi connectivity index (χ1) is 11.4. The smallest absolute Gasteiger partial charge is 0.122 e. The van der Waals surface area contributed by atoms with E-state index in [1.807, 2.05) is 24.3 Å². The topological polar surface area (TPSA) is 30.5 Å². The third kappa shape index (κ3) is 5.80. The van der Waals surface area contributed by atoms with Crippen LogP contribution >= 0.6 is 0 Å². The first-order valence-corrected chi connectivity index (χ1v) is 8.64. The molecule has 130 valence electrons. The standard InChI is InChI=1S/C21H29NO2/c1-15(2)14-23-20-8-6-7-19(12-20)22-13-18(5)24-21-11-16(3)9-10-17(21)4/h6-12,15,18,22H,13-14H2,1-5H3. The maximum Gasteiger partial charge on any atom is 0.122 e. The van der Waals surface area contributed by atoms with Crippen LogP contribution in [0.3, 0.4) is 0 Å². The largest absolute Gasteiger partial charge is 0.493 e. The van der Waals surface area contributed by atoms with E-state index in [2.05, 4.69) is 58.1 Å². The van der Waals surface area contributed by atoms with Gasteiger partial charge in [-0.05, 0) is 56.0 Å². The molecular formula is C21H29NO2. The van der Waals surface area contributed by atoms with E-state index < -0.39 is 0 Å². The lowest BCUT2D eigenvalue weighted by Gasteiger charge is -2.18. The van der Waals surface area contributed by atoms with Gasteiger partial charge < -0.3 is 14.8 Å². The number of benzene rings is 2. The molecule has 0 saturated heterocycles. The van der Waals surface area contributed by atoms with Crippen molar-refractivity contribution in [3.63, 3.8) is 0 Å². The molecule has 0 aliphatic heterocycles. The van der Waals surface area contributed by atoms with E-state index in [1.54, 1.807) is 0 Å². The number of anilines is 1. The Morgan fingerprint density at radius 1 is 1.00 bits per heavy atom. The van der Waals surface area contributed by atoms with Crippen LogP contribution in [0.5, 0.6) is 11.5 Å². The summed E-state index contributed by atoms with van der Waals surface area (Å²) in [5.41, 5.74) is 3.43. The third-order valence-electron chi connectivity index (χ3n) is 3.68. The summed E-state index contributed by atoms with van der Waals surface area (Å²) in [5.74, 6) is 2.38. The second-order valence-corrected chi connectivity index (χ2v) is 6.81. The Morgan fingerprint density at radius 3 is 2.54 bits per heavy atom. The van der Waals surface area contributed by atoms with Crippen LogP contribution in [0.25, 0.3) is 0 Å². The van der Waals surface area contributed by atoms with E-state index in [0.29, 0.717) is 5.92 Å². The summed E-state index contributed by atoms with van der Waals surface area (Å²) in [5, 5.41) is 3.42. The predicted octanol–water partition coefficient (Wildman–Crippen LogP) is 5.22. The molecule has 0 aliphatic rings. The Hall–Kier alpha value is -2.16. The number of hydrogen-bond donors (Lipinski definition) is 1. The molecule has 2 rings (SSSR count). The average molecular weight is 327 g/mol. The summed E-state index contributed by atoms with van der Waals surface area (Å²) in [4.78, 5) is 0. The van der Waals surface area contributed by atoms with E-state index >= 15 is 0 Å². The predicted molar refractivity (Wildman–Crippen MR) is 101 cm³/mol. The Morgan fingerprint density at radius 2 is 1.79 bits per heavy atom. The number of hydrogen-bond acceptors (Lipinski definition) is 3. The fraction of sp³-hybridized carbons (Fsp3) is 0.429. The number of ether oxygens (including phenoxy) is 2. The van der Waals surface area contributed by atoms with Gasteiger partial charge in [-0.3, -0.25) is 0 Å². The molecule has 0 aromatic heterocycles. The highest BCUT2D eigenvalue weighted by Crippen LogP contribution is 2.21. The molecule has 1 atom stereocenters. The van der Waals surface area contributed by atoms with Crippen molar-refractivity contribution in [1.82, 2.24) is 0 Å². The lowest BCUT2D eigenvalue weighted by atomic mass is 10.1. The summed E-state index contributed by atoms with van der Waals surface area (Å²) < 4.78 is 11.8. The molecule has 0 aliphatic carbocycles. The fourth-order valence-corrected chi connectivity index (χ4v) is 2.31. The summed E-state index contributed by atoms with van der Waals surface area (Å²) in [6.45, 7) is 12.0. The molecule has 2 aromatic carbocycles. The summed E-state index contributed by atoms with van der Waals surface area (Å²) >= 11 is 0. The van der Waals surface area contributed by atoms with Crippen molar-refractivity contribution in [3.05, 3.63) is 53.6 Å². The van der Waals surface area contributed by atoms with Crippen molar-refractivity contribution >= 4 is 5.69 Å². The quantitative estimate of drug-likeness (QED) is 0.721. The Labute approximate surface area is 146 Å². The summed E-state index contributed by atoms with van der Waals surface area (Å²) in [6.07, 6.45) is 0.0748. The SMILES string of the molecule is Cc1ccc(C)c(OC(C)CNc2cccc(OCC(C)C)c2)c1. The Kier molecular flexibility index (Phi) is 6.53. The van der Waals surface area contributed by atoms with Gasteiger partial charge in [0.2, 0.25) is 0 Å². The molecule has 3 heteroatoms. The Bertz CT molecular complexity index is 652. The van der Waals surface area contributed by atoms with Crippen molar-refractivity contribution in [3.8, 4) is 11.5 Å². The van der Waals surface area contributed by atoms with Crippen LogP contribution in [-0.4, -0.2) is 19.3 Å². The Balaban J connectivity index is 1.88. The van der Waals surface area contributed by atoms with Gasteiger partial charge in [0.25, 0.3) is 0 Å². The number of nitrogens with one attached hydrogen (secondary N) is 1. The van der Waals surface area contributed by atoms with Crippen LogP contribution < -0.4 is 14.8 Å². The molecule has 0 saturated carbocycles. The number of aryl methyl sites for hydroxylation is 2. The van der Waals surface area contributed by atoms with Crippen molar-refractivity contribution in [2.75, 3.05) is 18.5 Å². The minimum absolute atomic E-state index is 0.0748. The van der Waals surface area contributed by atoms with Gasteiger partial charge >= 0.3 is 0 Å². The fourth-order valence-electron chi connectivity index (χ4n) is 2.31. The molecule has 1 N–H and O–H groups in total. The molecule has 0 spiro atoms. The van der Waals surface area contributed by atoms with E-state index in [0.717, 1.165) is 35.9 Å². The zero-order valence-electron chi connectivity index (χ0n) is 15.4. The van der Waals surface area contributed by atoms with Gasteiger partial charge in [-0.1, -0.05) is 32.0 Å². The molecule has 3 nitrogen and oxygen atoms in total. The van der Waals surface area contributed by atoms with Gasteiger partial charge in [-0.15, -0.1) is 0 Å². The van der Waals surface area contributed by atoms with Crippen molar-refractivity contribution in [2.45, 2.75) is 40.7 Å². The summed E-state index contributed by atoms with van der Waals surface area (Å²) in [6, 6.07) is 14.4. The van der Waals surface area contributed by atoms with Crippen molar-refractivity contribution < 1.29 is 9.47 Å². The maximum absolute atomic E-state index is 6.06. The lowest BCUT2D eigenvalue weighted by molar-refractivity contribution is 0.233. The monoisotopic (exact) mass is 327 g/mol. The van der Waals surface area contributed by atoms with Gasteiger partial charge in [-0.2, -0.15) is 0 Å². The van der Waals surface area contributed by atoms with Gasteiger partial charge in [0.1, 0.15) is 17.6 Å². The van der Waals surface area contributed by atoms with Crippen molar-refractivity contribution in [2.24, 2.45) is 5.92 Å². The van der Waals surface area contributed by atoms with E-state index in [9.17, 15) is 0 Å². The average Bonchev–Trinajstić information content (AvgIpc) is 2.55. The van der Waals surface area contributed by atoms with Crippen molar-refractivity contribution in [1.29, 1.82) is 0 Å². The van der Waals surface area contributed by atoms with E-state index in [4.69, 9.17) is 9.47 Å². The lowest BCUT2D eigenvalue weighted by Crippen LogP contribution is -2.23. The third-order valence-corrected chi connectivity index (χ3v) is 3.68. The van der Waals surface area contributed by atoms with Gasteiger partial charge in [-0.25, -0.2) is 0 Å². The number of rotatable bonds is 8. The highest BCUT2D eigenvalue weighted by molar-refractivity contribution is 5.48. The molecule has 0 heterocycles. The minimum atomic E-state index is 0.0748. The normalized spacial score (nSPS) is 12.1. The van der Waals surface area contributed by atoms with Crippen LogP contribution in [0.15, 0.2) is 42.5 Å². The highest BCUT2D eigenvalue weighted by atomic mass is 16.5. The molecule has 0 radical (unpaired) electrons. The zero-order valence-corrected chi connectivity index (χ0v) is 15.4. The van der Waals surface area contributed by atoms with Crippen LogP contribution in [0.2, 0.25) is 0 Å². The maximum atomic E-state index is 6.06. The molecule has 0 bridgehead atoms. The molecule has 0 amide bonds.